The Labute approximate surface area is 284 Å². The second-order valence-electron chi connectivity index (χ2n) is 12.1. The SMILES string of the molecule is c1ccc(-c2ccc(N(c3ccc(-c4cccc5cccc(-c6ccccc6)c45)cc3)c3cccc4sc5ccccc5c34)cc2)cc1. The number of hydrogen-bond acceptors (Lipinski definition) is 2. The molecule has 48 heavy (non-hydrogen) atoms. The lowest BCUT2D eigenvalue weighted by atomic mass is 9.91. The molecule has 1 nitrogen and oxygen atoms in total. The maximum absolute atomic E-state index is 2.42. The van der Waals surface area contributed by atoms with Crippen molar-refractivity contribution in [3.63, 3.8) is 0 Å². The van der Waals surface area contributed by atoms with Crippen molar-refractivity contribution >= 4 is 59.3 Å². The van der Waals surface area contributed by atoms with Crippen LogP contribution in [0.2, 0.25) is 0 Å². The monoisotopic (exact) mass is 629 g/mol. The van der Waals surface area contributed by atoms with Crippen LogP contribution < -0.4 is 4.90 Å². The fraction of sp³-hybridized carbons (Fsp3) is 0. The molecule has 226 valence electrons. The minimum atomic E-state index is 1.12. The van der Waals surface area contributed by atoms with E-state index in [1.54, 1.807) is 0 Å². The molecule has 0 aliphatic carbocycles. The van der Waals surface area contributed by atoms with Gasteiger partial charge in [-0.25, -0.2) is 0 Å². The number of thiophene rings is 1. The Morgan fingerprint density at radius 2 is 0.833 bits per heavy atom. The first-order valence-electron chi connectivity index (χ1n) is 16.4. The summed E-state index contributed by atoms with van der Waals surface area (Å²) in [5, 5.41) is 5.10. The topological polar surface area (TPSA) is 3.24 Å². The maximum Gasteiger partial charge on any atom is 0.0554 e. The number of nitrogens with zero attached hydrogens (tertiary/aromatic N) is 1. The van der Waals surface area contributed by atoms with Crippen LogP contribution in [0.4, 0.5) is 17.1 Å². The molecule has 0 spiro atoms. The first-order chi connectivity index (χ1) is 23.8. The van der Waals surface area contributed by atoms with Crippen LogP contribution in [0.15, 0.2) is 188 Å². The third-order valence-electron chi connectivity index (χ3n) is 9.28. The summed E-state index contributed by atoms with van der Waals surface area (Å²) in [6.07, 6.45) is 0. The van der Waals surface area contributed by atoms with Gasteiger partial charge in [-0.05, 0) is 86.6 Å². The van der Waals surface area contributed by atoms with Gasteiger partial charge in [0.2, 0.25) is 0 Å². The Morgan fingerprint density at radius 1 is 0.333 bits per heavy atom. The Balaban J connectivity index is 1.20. The van der Waals surface area contributed by atoms with Gasteiger partial charge in [0, 0.05) is 31.5 Å². The van der Waals surface area contributed by atoms with Gasteiger partial charge >= 0.3 is 0 Å². The summed E-state index contributed by atoms with van der Waals surface area (Å²) < 4.78 is 2.60. The van der Waals surface area contributed by atoms with Crippen LogP contribution in [-0.4, -0.2) is 0 Å². The molecule has 0 aliphatic rings. The molecule has 0 unspecified atom stereocenters. The van der Waals surface area contributed by atoms with Gasteiger partial charge in [0.15, 0.2) is 0 Å². The van der Waals surface area contributed by atoms with Crippen molar-refractivity contribution in [3.05, 3.63) is 188 Å². The van der Waals surface area contributed by atoms with E-state index in [0.29, 0.717) is 0 Å². The second-order valence-corrected chi connectivity index (χ2v) is 13.2. The fourth-order valence-electron chi connectivity index (χ4n) is 7.03. The molecule has 1 heterocycles. The standard InChI is InChI=1S/C46H31NS/c1-3-12-32(13-4-1)33-24-28-37(29-25-33)47(42-21-11-23-44-46(42)41-18-7-8-22-43(41)48-44)38-30-26-35(27-31-38)40-20-10-17-36-16-9-19-39(45(36)40)34-14-5-2-6-15-34/h1-31H. The highest BCUT2D eigenvalue weighted by atomic mass is 32.1. The molecule has 1 aromatic heterocycles. The number of benzene rings is 8. The molecule has 0 radical (unpaired) electrons. The van der Waals surface area contributed by atoms with Crippen molar-refractivity contribution < 1.29 is 0 Å². The van der Waals surface area contributed by atoms with Crippen LogP contribution in [0.1, 0.15) is 0 Å². The zero-order valence-corrected chi connectivity index (χ0v) is 27.1. The summed E-state index contributed by atoms with van der Waals surface area (Å²) in [6, 6.07) is 68.1. The van der Waals surface area contributed by atoms with E-state index in [1.807, 2.05) is 11.3 Å². The summed E-state index contributed by atoms with van der Waals surface area (Å²) >= 11 is 1.86. The average Bonchev–Trinajstić information content (AvgIpc) is 3.55. The number of fused-ring (bicyclic) bond motifs is 4. The van der Waals surface area contributed by atoms with Crippen molar-refractivity contribution in [1.82, 2.24) is 0 Å². The van der Waals surface area contributed by atoms with E-state index in [9.17, 15) is 0 Å². The quantitative estimate of drug-likeness (QED) is 0.177. The molecule has 0 aliphatic heterocycles. The second kappa shape index (κ2) is 12.0. The van der Waals surface area contributed by atoms with Crippen molar-refractivity contribution in [1.29, 1.82) is 0 Å². The van der Waals surface area contributed by atoms with Crippen LogP contribution in [0.5, 0.6) is 0 Å². The van der Waals surface area contributed by atoms with E-state index in [4.69, 9.17) is 0 Å². The highest BCUT2D eigenvalue weighted by Crippen LogP contribution is 2.45. The summed E-state index contributed by atoms with van der Waals surface area (Å²) in [4.78, 5) is 2.42. The van der Waals surface area contributed by atoms with Crippen molar-refractivity contribution in [2.45, 2.75) is 0 Å². The highest BCUT2D eigenvalue weighted by molar-refractivity contribution is 7.26. The van der Waals surface area contributed by atoms with Crippen molar-refractivity contribution in [2.24, 2.45) is 0 Å². The molecule has 8 aromatic carbocycles. The lowest BCUT2D eigenvalue weighted by Crippen LogP contribution is -2.10. The van der Waals surface area contributed by atoms with E-state index in [-0.39, 0.29) is 0 Å². The Bertz CT molecular complexity index is 2530. The van der Waals surface area contributed by atoms with Crippen LogP contribution in [0, 0.1) is 0 Å². The molecule has 9 aromatic rings. The first-order valence-corrected chi connectivity index (χ1v) is 17.2. The smallest absolute Gasteiger partial charge is 0.0554 e. The van der Waals surface area contributed by atoms with Crippen LogP contribution in [0.25, 0.3) is 64.3 Å². The van der Waals surface area contributed by atoms with E-state index in [2.05, 4.69) is 193 Å². The summed E-state index contributed by atoms with van der Waals surface area (Å²) in [5.41, 5.74) is 10.8. The molecule has 0 amide bonds. The Morgan fingerprint density at radius 3 is 1.50 bits per heavy atom. The third-order valence-corrected chi connectivity index (χ3v) is 10.4. The molecule has 9 rings (SSSR count). The van der Waals surface area contributed by atoms with Gasteiger partial charge in [0.1, 0.15) is 0 Å². The molecule has 0 N–H and O–H groups in total. The van der Waals surface area contributed by atoms with Gasteiger partial charge in [-0.2, -0.15) is 0 Å². The van der Waals surface area contributed by atoms with E-state index >= 15 is 0 Å². The molecule has 0 saturated heterocycles. The summed E-state index contributed by atoms with van der Waals surface area (Å²) in [5.74, 6) is 0. The van der Waals surface area contributed by atoms with Crippen LogP contribution >= 0.6 is 11.3 Å². The van der Waals surface area contributed by atoms with Crippen LogP contribution in [-0.2, 0) is 0 Å². The Hall–Kier alpha value is -5.96. The number of hydrogen-bond donors (Lipinski definition) is 0. The lowest BCUT2D eigenvalue weighted by Gasteiger charge is -2.27. The lowest BCUT2D eigenvalue weighted by molar-refractivity contribution is 1.30. The highest BCUT2D eigenvalue weighted by Gasteiger charge is 2.19. The van der Waals surface area contributed by atoms with Gasteiger partial charge in [-0.3, -0.25) is 0 Å². The molecule has 0 bridgehead atoms. The Kier molecular flexibility index (Phi) is 7.07. The fourth-order valence-corrected chi connectivity index (χ4v) is 8.16. The van der Waals surface area contributed by atoms with Gasteiger partial charge in [0.25, 0.3) is 0 Å². The predicted molar refractivity (Wildman–Crippen MR) is 208 cm³/mol. The van der Waals surface area contributed by atoms with E-state index in [1.165, 1.54) is 70.0 Å². The van der Waals surface area contributed by atoms with Crippen molar-refractivity contribution in [3.8, 4) is 33.4 Å². The average molecular weight is 630 g/mol. The molecule has 0 fully saturated rings. The van der Waals surface area contributed by atoms with Gasteiger partial charge in [-0.1, -0.05) is 146 Å². The molecular formula is C46H31NS. The van der Waals surface area contributed by atoms with Crippen molar-refractivity contribution in [2.75, 3.05) is 4.90 Å². The maximum atomic E-state index is 2.42. The normalized spacial score (nSPS) is 11.3. The molecule has 2 heteroatoms. The predicted octanol–water partition coefficient (Wildman–Crippen LogP) is 13.7. The molecule has 0 atom stereocenters. The van der Waals surface area contributed by atoms with E-state index in [0.717, 1.165) is 11.4 Å². The summed E-state index contributed by atoms with van der Waals surface area (Å²) in [6.45, 7) is 0. The molecule has 0 saturated carbocycles. The van der Waals surface area contributed by atoms with Crippen LogP contribution in [0.3, 0.4) is 0 Å². The minimum Gasteiger partial charge on any atom is -0.310 e. The number of anilines is 3. The zero-order chi connectivity index (χ0) is 31.9. The van der Waals surface area contributed by atoms with Gasteiger partial charge in [0.05, 0.1) is 5.69 Å². The van der Waals surface area contributed by atoms with Gasteiger partial charge in [-0.15, -0.1) is 11.3 Å². The number of rotatable bonds is 6. The first kappa shape index (κ1) is 28.3. The summed E-state index contributed by atoms with van der Waals surface area (Å²) in [7, 11) is 0. The minimum absolute atomic E-state index is 1.12. The third kappa shape index (κ3) is 4.95. The largest absolute Gasteiger partial charge is 0.310 e. The molecular weight excluding hydrogens is 599 g/mol. The van der Waals surface area contributed by atoms with Gasteiger partial charge < -0.3 is 4.90 Å². The van der Waals surface area contributed by atoms with E-state index < -0.39 is 0 Å². The zero-order valence-electron chi connectivity index (χ0n) is 26.3.